The van der Waals surface area contributed by atoms with Gasteiger partial charge in [0, 0.05) is 16.6 Å². The van der Waals surface area contributed by atoms with E-state index in [0.717, 1.165) is 0 Å². The van der Waals surface area contributed by atoms with Crippen LogP contribution in [0.2, 0.25) is 10.0 Å². The molecule has 21 heavy (non-hydrogen) atoms. The quantitative estimate of drug-likeness (QED) is 0.742. The van der Waals surface area contributed by atoms with Gasteiger partial charge in [-0.15, -0.1) is 0 Å². The van der Waals surface area contributed by atoms with Crippen LogP contribution in [0.5, 0.6) is 5.75 Å². The number of ether oxygens (including phenoxy) is 2. The second kappa shape index (κ2) is 8.07. The first-order valence-electron chi connectivity index (χ1n) is 6.09. The van der Waals surface area contributed by atoms with Crippen molar-refractivity contribution in [1.82, 2.24) is 0 Å². The molecule has 0 bridgehead atoms. The number of hydrogen-bond acceptors (Lipinski definition) is 5. The molecular weight excluding hydrogens is 321 g/mol. The zero-order chi connectivity index (χ0) is 16.0. The highest BCUT2D eigenvalue weighted by atomic mass is 35.5. The second-order valence-electron chi connectivity index (χ2n) is 4.10. The maximum Gasteiger partial charge on any atom is 0.344 e. The van der Waals surface area contributed by atoms with Crippen LogP contribution >= 0.6 is 23.2 Å². The Labute approximate surface area is 131 Å². The lowest BCUT2D eigenvalue weighted by molar-refractivity contribution is -0.145. The zero-order valence-corrected chi connectivity index (χ0v) is 12.8. The van der Waals surface area contributed by atoms with Gasteiger partial charge in [0.25, 0.3) is 0 Å². The van der Waals surface area contributed by atoms with Crippen molar-refractivity contribution >= 4 is 35.1 Å². The summed E-state index contributed by atoms with van der Waals surface area (Å²) in [6.07, 6.45) is -0.327. The van der Waals surface area contributed by atoms with Crippen molar-refractivity contribution in [3.63, 3.8) is 0 Å². The first-order valence-corrected chi connectivity index (χ1v) is 6.85. The standard InChI is InChI=1S/C13H15Cl2NO5/c1-2-20-12(19)6-21-13-8(10(16)5-11(17)18)3-7(14)4-9(13)15/h3-4,10H,2,5-6,16H2,1H3,(H,17,18). The van der Waals surface area contributed by atoms with E-state index in [0.29, 0.717) is 10.6 Å². The van der Waals surface area contributed by atoms with Crippen molar-refractivity contribution in [2.45, 2.75) is 19.4 Å². The number of carboxylic acids is 1. The van der Waals surface area contributed by atoms with Crippen molar-refractivity contribution in [1.29, 1.82) is 0 Å². The number of nitrogens with two attached hydrogens (primary N) is 1. The number of carboxylic acid groups (broad SMARTS) is 1. The molecule has 6 nitrogen and oxygen atoms in total. The predicted octanol–water partition coefficient (Wildman–Crippen LogP) is 2.41. The molecule has 0 saturated heterocycles. The number of benzene rings is 1. The molecule has 0 heterocycles. The minimum Gasteiger partial charge on any atom is -0.481 e. The van der Waals surface area contributed by atoms with Crippen LogP contribution in [0.1, 0.15) is 24.9 Å². The molecule has 3 N–H and O–H groups in total. The van der Waals surface area contributed by atoms with Crippen LogP contribution in [-0.4, -0.2) is 30.3 Å². The summed E-state index contributed by atoms with van der Waals surface area (Å²) in [5.41, 5.74) is 6.12. The predicted molar refractivity (Wildman–Crippen MR) is 77.8 cm³/mol. The first kappa shape index (κ1) is 17.6. The Kier molecular flexibility index (Phi) is 6.74. The molecule has 0 aliphatic carbocycles. The van der Waals surface area contributed by atoms with Crippen molar-refractivity contribution in [2.75, 3.05) is 13.2 Å². The van der Waals surface area contributed by atoms with E-state index in [1.807, 2.05) is 0 Å². The van der Waals surface area contributed by atoms with Gasteiger partial charge in [0.1, 0.15) is 5.75 Å². The minimum atomic E-state index is -1.07. The topological polar surface area (TPSA) is 98.9 Å². The molecule has 1 rings (SSSR count). The van der Waals surface area contributed by atoms with Crippen molar-refractivity contribution in [2.24, 2.45) is 5.73 Å². The summed E-state index contributed by atoms with van der Waals surface area (Å²) in [5.74, 6) is -1.51. The average molecular weight is 336 g/mol. The van der Waals surface area contributed by atoms with Gasteiger partial charge >= 0.3 is 11.9 Å². The molecule has 0 spiro atoms. The Balaban J connectivity index is 3.00. The summed E-state index contributed by atoms with van der Waals surface area (Å²) in [6, 6.07) is 2.01. The van der Waals surface area contributed by atoms with Gasteiger partial charge in [-0.25, -0.2) is 4.79 Å². The highest BCUT2D eigenvalue weighted by molar-refractivity contribution is 6.35. The summed E-state index contributed by atoms with van der Waals surface area (Å²) in [7, 11) is 0. The van der Waals surface area contributed by atoms with Crippen LogP contribution in [0.25, 0.3) is 0 Å². The van der Waals surface area contributed by atoms with Gasteiger partial charge in [-0.2, -0.15) is 0 Å². The molecule has 0 radical (unpaired) electrons. The number of rotatable bonds is 7. The van der Waals surface area contributed by atoms with E-state index >= 15 is 0 Å². The summed E-state index contributed by atoms with van der Waals surface area (Å²) in [5, 5.41) is 9.23. The molecule has 0 aliphatic rings. The molecule has 116 valence electrons. The molecule has 1 aromatic rings. The van der Waals surface area contributed by atoms with Crippen LogP contribution in [0, 0.1) is 0 Å². The normalized spacial score (nSPS) is 11.8. The largest absolute Gasteiger partial charge is 0.481 e. The zero-order valence-electron chi connectivity index (χ0n) is 11.3. The van der Waals surface area contributed by atoms with E-state index in [9.17, 15) is 9.59 Å². The Bertz CT molecular complexity index is 536. The number of hydrogen-bond donors (Lipinski definition) is 2. The monoisotopic (exact) mass is 335 g/mol. The molecule has 8 heteroatoms. The molecule has 0 saturated carbocycles. The summed E-state index contributed by atoms with van der Waals surface area (Å²) in [6.45, 7) is 1.53. The molecule has 1 aromatic carbocycles. The number of carbonyl (C=O) groups is 2. The minimum absolute atomic E-state index is 0.128. The van der Waals surface area contributed by atoms with E-state index in [1.54, 1.807) is 6.92 Å². The van der Waals surface area contributed by atoms with Gasteiger partial charge in [-0.1, -0.05) is 23.2 Å². The van der Waals surface area contributed by atoms with Gasteiger partial charge in [-0.05, 0) is 19.1 Å². The van der Waals surface area contributed by atoms with E-state index in [-0.39, 0.29) is 30.4 Å². The lowest BCUT2D eigenvalue weighted by atomic mass is 10.0. The Morgan fingerprint density at radius 2 is 2.05 bits per heavy atom. The van der Waals surface area contributed by atoms with Crippen LogP contribution in [0.15, 0.2) is 12.1 Å². The van der Waals surface area contributed by atoms with Gasteiger partial charge < -0.3 is 20.3 Å². The number of aliphatic carboxylic acids is 1. The Hall–Kier alpha value is -1.50. The van der Waals surface area contributed by atoms with E-state index in [1.165, 1.54) is 12.1 Å². The average Bonchev–Trinajstić information content (AvgIpc) is 2.36. The third-order valence-electron chi connectivity index (χ3n) is 2.47. The molecule has 1 atom stereocenters. The fraction of sp³-hybridized carbons (Fsp3) is 0.385. The fourth-order valence-electron chi connectivity index (χ4n) is 1.64. The fourth-order valence-corrected chi connectivity index (χ4v) is 2.20. The molecular formula is C13H15Cl2NO5. The van der Waals surface area contributed by atoms with E-state index < -0.39 is 18.0 Å². The summed E-state index contributed by atoms with van der Waals surface area (Å²) in [4.78, 5) is 22.1. The molecule has 1 unspecified atom stereocenters. The third-order valence-corrected chi connectivity index (χ3v) is 2.97. The smallest absolute Gasteiger partial charge is 0.344 e. The van der Waals surface area contributed by atoms with Crippen molar-refractivity contribution < 1.29 is 24.2 Å². The van der Waals surface area contributed by atoms with Crippen LogP contribution in [0.4, 0.5) is 0 Å². The lowest BCUT2D eigenvalue weighted by Crippen LogP contribution is -2.19. The Morgan fingerprint density at radius 3 is 2.62 bits per heavy atom. The van der Waals surface area contributed by atoms with Crippen molar-refractivity contribution in [3.05, 3.63) is 27.7 Å². The van der Waals surface area contributed by atoms with Gasteiger partial charge in [0.2, 0.25) is 0 Å². The van der Waals surface area contributed by atoms with Crippen LogP contribution in [0.3, 0.4) is 0 Å². The van der Waals surface area contributed by atoms with Gasteiger partial charge in [0.15, 0.2) is 6.61 Å². The van der Waals surface area contributed by atoms with E-state index in [2.05, 4.69) is 0 Å². The SMILES string of the molecule is CCOC(=O)COc1c(Cl)cc(Cl)cc1C(N)CC(=O)O. The van der Waals surface area contributed by atoms with E-state index in [4.69, 9.17) is 43.5 Å². The van der Waals surface area contributed by atoms with Crippen molar-refractivity contribution in [3.8, 4) is 5.75 Å². The maximum absolute atomic E-state index is 11.3. The number of halogens is 2. The molecule has 0 aliphatic heterocycles. The van der Waals surface area contributed by atoms with Crippen LogP contribution < -0.4 is 10.5 Å². The molecule has 0 aromatic heterocycles. The highest BCUT2D eigenvalue weighted by Gasteiger charge is 2.20. The first-order chi connectivity index (χ1) is 9.85. The van der Waals surface area contributed by atoms with Crippen LogP contribution in [-0.2, 0) is 14.3 Å². The third kappa shape index (κ3) is 5.41. The molecule has 0 amide bonds. The number of esters is 1. The summed E-state index contributed by atoms with van der Waals surface area (Å²) >= 11 is 11.9. The highest BCUT2D eigenvalue weighted by Crippen LogP contribution is 2.36. The maximum atomic E-state index is 11.3. The lowest BCUT2D eigenvalue weighted by Gasteiger charge is -2.17. The summed E-state index contributed by atoms with van der Waals surface area (Å²) < 4.78 is 10.0. The van der Waals surface area contributed by atoms with Gasteiger partial charge in [-0.3, -0.25) is 4.79 Å². The second-order valence-corrected chi connectivity index (χ2v) is 4.95. The Morgan fingerprint density at radius 1 is 1.38 bits per heavy atom. The van der Waals surface area contributed by atoms with Gasteiger partial charge in [0.05, 0.1) is 18.1 Å². The number of carbonyl (C=O) groups excluding carboxylic acids is 1. The molecule has 0 fully saturated rings.